The molecule has 0 unspecified atom stereocenters. The third kappa shape index (κ3) is 5.22. The first-order chi connectivity index (χ1) is 14.9. The smallest absolute Gasteiger partial charge is 0.259 e. The highest BCUT2D eigenvalue weighted by molar-refractivity contribution is 7.89. The molecule has 3 heterocycles. The minimum absolute atomic E-state index is 0.0345. The molecule has 9 heteroatoms. The maximum Gasteiger partial charge on any atom is 0.259 e. The molecule has 2 aliphatic heterocycles. The number of carbonyl (C=O) groups is 1. The number of nitrogens with zero attached hydrogens (tertiary/aromatic N) is 3. The van der Waals surface area contributed by atoms with Crippen molar-refractivity contribution in [3.8, 4) is 5.75 Å². The van der Waals surface area contributed by atoms with E-state index in [1.165, 1.54) is 0 Å². The molecule has 2 aliphatic rings. The van der Waals surface area contributed by atoms with Crippen LogP contribution in [0.1, 0.15) is 36.0 Å². The predicted molar refractivity (Wildman–Crippen MR) is 117 cm³/mol. The van der Waals surface area contributed by atoms with E-state index >= 15 is 0 Å². The molecular weight excluding hydrogens is 416 g/mol. The number of rotatable bonds is 6. The van der Waals surface area contributed by atoms with E-state index in [1.807, 2.05) is 17.0 Å². The molecule has 0 radical (unpaired) electrons. The molecule has 0 spiro atoms. The molecule has 1 atom stereocenters. The van der Waals surface area contributed by atoms with Crippen molar-refractivity contribution in [1.82, 2.24) is 9.88 Å². The number of nitrogens with two attached hydrogens (primary N) is 1. The Morgan fingerprint density at radius 1 is 1.26 bits per heavy atom. The molecule has 0 bridgehead atoms. The Morgan fingerprint density at radius 2 is 2.13 bits per heavy atom. The van der Waals surface area contributed by atoms with Crippen LogP contribution in [0.5, 0.6) is 5.75 Å². The zero-order chi connectivity index (χ0) is 21.8. The SMILES string of the molecule is NC1=NS(=O)(=O)Cc2cccc(OC[C@H]3CCCN(C(=O)CCc4cccnc4)C3)c21. The summed E-state index contributed by atoms with van der Waals surface area (Å²) in [6.07, 6.45) is 6.57. The van der Waals surface area contributed by atoms with Crippen LogP contribution in [-0.2, 0) is 27.0 Å². The van der Waals surface area contributed by atoms with Crippen LogP contribution in [0.4, 0.5) is 0 Å². The fourth-order valence-corrected chi connectivity index (χ4v) is 5.21. The fourth-order valence-electron chi connectivity index (χ4n) is 4.12. The standard InChI is InChI=1S/C22H26N4O4S/c23-22-21-18(15-31(28,29)25-22)6-1-7-19(21)30-14-17-5-3-11-26(13-17)20(27)9-8-16-4-2-10-24-12-16/h1-2,4,6-7,10,12,17H,3,5,8-9,11,13-15H2,(H2,23,25)/t17-/m0/s1. The zero-order valence-corrected chi connectivity index (χ0v) is 18.1. The summed E-state index contributed by atoms with van der Waals surface area (Å²) in [6, 6.07) is 9.12. The number of aryl methyl sites for hydroxylation is 1. The number of fused-ring (bicyclic) bond motifs is 1. The van der Waals surface area contributed by atoms with E-state index < -0.39 is 10.0 Å². The number of likely N-dealkylation sites (tertiary alicyclic amines) is 1. The van der Waals surface area contributed by atoms with Gasteiger partial charge in [-0.05, 0) is 42.5 Å². The largest absolute Gasteiger partial charge is 0.492 e. The van der Waals surface area contributed by atoms with E-state index in [-0.39, 0.29) is 23.4 Å². The lowest BCUT2D eigenvalue weighted by Gasteiger charge is -2.33. The van der Waals surface area contributed by atoms with Crippen LogP contribution < -0.4 is 10.5 Å². The number of ether oxygens (including phenoxy) is 1. The minimum Gasteiger partial charge on any atom is -0.492 e. The average Bonchev–Trinajstić information content (AvgIpc) is 2.76. The summed E-state index contributed by atoms with van der Waals surface area (Å²) in [4.78, 5) is 18.7. The molecule has 8 nitrogen and oxygen atoms in total. The normalized spacial score (nSPS) is 19.9. The van der Waals surface area contributed by atoms with Gasteiger partial charge in [0.05, 0.1) is 17.9 Å². The lowest BCUT2D eigenvalue weighted by molar-refractivity contribution is -0.133. The van der Waals surface area contributed by atoms with E-state index in [0.717, 1.165) is 24.9 Å². The molecule has 31 heavy (non-hydrogen) atoms. The number of sulfonamides is 1. The molecular formula is C22H26N4O4S. The first-order valence-electron chi connectivity index (χ1n) is 10.4. The van der Waals surface area contributed by atoms with Crippen LogP contribution >= 0.6 is 0 Å². The van der Waals surface area contributed by atoms with Crippen molar-refractivity contribution >= 4 is 21.8 Å². The number of amides is 1. The molecule has 1 aromatic carbocycles. The fraction of sp³-hybridized carbons (Fsp3) is 0.409. The Morgan fingerprint density at radius 3 is 2.94 bits per heavy atom. The van der Waals surface area contributed by atoms with Crippen LogP contribution in [0, 0.1) is 5.92 Å². The minimum atomic E-state index is -3.58. The second-order valence-corrected chi connectivity index (χ2v) is 9.65. The number of benzene rings is 1. The second kappa shape index (κ2) is 9.05. The van der Waals surface area contributed by atoms with Crippen molar-refractivity contribution in [3.63, 3.8) is 0 Å². The predicted octanol–water partition coefficient (Wildman–Crippen LogP) is 1.88. The van der Waals surface area contributed by atoms with Crippen LogP contribution in [0.15, 0.2) is 47.1 Å². The van der Waals surface area contributed by atoms with Gasteiger partial charge in [-0.3, -0.25) is 9.78 Å². The Kier molecular flexibility index (Phi) is 6.22. The summed E-state index contributed by atoms with van der Waals surface area (Å²) in [5.74, 6) is 0.675. The molecule has 0 aliphatic carbocycles. The third-order valence-electron chi connectivity index (χ3n) is 5.64. The summed E-state index contributed by atoms with van der Waals surface area (Å²) < 4.78 is 33.3. The van der Waals surface area contributed by atoms with Gasteiger partial charge in [0, 0.05) is 37.8 Å². The molecule has 2 aromatic rings. The summed E-state index contributed by atoms with van der Waals surface area (Å²) in [5, 5.41) is 0. The molecule has 1 fully saturated rings. The average molecular weight is 443 g/mol. The van der Waals surface area contributed by atoms with Crippen molar-refractivity contribution in [1.29, 1.82) is 0 Å². The quantitative estimate of drug-likeness (QED) is 0.730. The van der Waals surface area contributed by atoms with Crippen LogP contribution in [-0.4, -0.2) is 49.7 Å². The molecule has 4 rings (SSSR count). The van der Waals surface area contributed by atoms with Gasteiger partial charge >= 0.3 is 0 Å². The lowest BCUT2D eigenvalue weighted by Crippen LogP contribution is -2.41. The molecule has 0 saturated carbocycles. The molecule has 1 aromatic heterocycles. The lowest BCUT2D eigenvalue weighted by atomic mass is 9.98. The van der Waals surface area contributed by atoms with Crippen molar-refractivity contribution in [3.05, 3.63) is 59.4 Å². The maximum absolute atomic E-state index is 12.7. The number of piperidine rings is 1. The van der Waals surface area contributed by atoms with Gasteiger partial charge in [-0.2, -0.15) is 0 Å². The summed E-state index contributed by atoms with van der Waals surface area (Å²) in [5.41, 5.74) is 8.12. The first-order valence-corrected chi connectivity index (χ1v) is 12.0. The van der Waals surface area contributed by atoms with Crippen LogP contribution in [0.3, 0.4) is 0 Å². The highest BCUT2D eigenvalue weighted by Gasteiger charge is 2.27. The molecule has 1 amide bonds. The van der Waals surface area contributed by atoms with E-state index in [0.29, 0.717) is 42.9 Å². The Balaban J connectivity index is 1.35. The van der Waals surface area contributed by atoms with Gasteiger partial charge in [0.25, 0.3) is 10.0 Å². The molecule has 2 N–H and O–H groups in total. The van der Waals surface area contributed by atoms with Crippen molar-refractivity contribution in [2.24, 2.45) is 16.0 Å². The Hall–Kier alpha value is -2.94. The van der Waals surface area contributed by atoms with Crippen molar-refractivity contribution in [2.45, 2.75) is 31.4 Å². The highest BCUT2D eigenvalue weighted by Crippen LogP contribution is 2.29. The van der Waals surface area contributed by atoms with Gasteiger partial charge in [0.15, 0.2) is 0 Å². The summed E-state index contributed by atoms with van der Waals surface area (Å²) in [7, 11) is -3.58. The molecule has 164 valence electrons. The second-order valence-electron chi connectivity index (χ2n) is 8.01. The van der Waals surface area contributed by atoms with Crippen LogP contribution in [0.25, 0.3) is 0 Å². The van der Waals surface area contributed by atoms with Crippen LogP contribution in [0.2, 0.25) is 0 Å². The summed E-state index contributed by atoms with van der Waals surface area (Å²) >= 11 is 0. The Bertz CT molecular complexity index is 1090. The van der Waals surface area contributed by atoms with Gasteiger partial charge < -0.3 is 15.4 Å². The first kappa shape index (κ1) is 21.3. The molecule has 1 saturated heterocycles. The number of hydrogen-bond donors (Lipinski definition) is 1. The number of carbonyl (C=O) groups excluding carboxylic acids is 1. The van der Waals surface area contributed by atoms with Gasteiger partial charge in [0.1, 0.15) is 11.6 Å². The van der Waals surface area contributed by atoms with Crippen molar-refractivity contribution in [2.75, 3.05) is 19.7 Å². The van der Waals surface area contributed by atoms with E-state index in [9.17, 15) is 13.2 Å². The van der Waals surface area contributed by atoms with Gasteiger partial charge in [-0.15, -0.1) is 4.40 Å². The monoisotopic (exact) mass is 442 g/mol. The number of amidine groups is 1. The number of pyridine rings is 1. The van der Waals surface area contributed by atoms with Gasteiger partial charge in [0.2, 0.25) is 5.91 Å². The maximum atomic E-state index is 12.7. The topological polar surface area (TPSA) is 115 Å². The summed E-state index contributed by atoms with van der Waals surface area (Å²) in [6.45, 7) is 1.85. The number of aromatic nitrogens is 1. The van der Waals surface area contributed by atoms with Gasteiger partial charge in [-0.1, -0.05) is 18.2 Å². The highest BCUT2D eigenvalue weighted by atomic mass is 32.2. The van der Waals surface area contributed by atoms with Gasteiger partial charge in [-0.25, -0.2) is 8.42 Å². The van der Waals surface area contributed by atoms with E-state index in [4.69, 9.17) is 10.5 Å². The number of hydrogen-bond acceptors (Lipinski definition) is 6. The van der Waals surface area contributed by atoms with Crippen molar-refractivity contribution < 1.29 is 17.9 Å². The third-order valence-corrected chi connectivity index (χ3v) is 6.79. The van der Waals surface area contributed by atoms with E-state index in [1.54, 1.807) is 30.6 Å². The van der Waals surface area contributed by atoms with E-state index in [2.05, 4.69) is 9.38 Å². The Labute approximate surface area is 182 Å². The zero-order valence-electron chi connectivity index (χ0n) is 17.2.